The molecule has 32 heavy (non-hydrogen) atoms. The molecular formula is C23H23ClN4O3S. The van der Waals surface area contributed by atoms with Crippen molar-refractivity contribution in [1.29, 1.82) is 0 Å². The molecule has 1 aromatic heterocycles. The van der Waals surface area contributed by atoms with Gasteiger partial charge in [0.1, 0.15) is 17.2 Å². The van der Waals surface area contributed by atoms with Gasteiger partial charge in [-0.05, 0) is 49.3 Å². The lowest BCUT2D eigenvalue weighted by atomic mass is 10.1. The number of hydrogen-bond acceptors (Lipinski definition) is 5. The fourth-order valence-corrected chi connectivity index (χ4v) is 4.11. The molecule has 0 atom stereocenters. The highest BCUT2D eigenvalue weighted by molar-refractivity contribution is 7.80. The number of pyridine rings is 1. The van der Waals surface area contributed by atoms with E-state index in [9.17, 15) is 4.79 Å². The van der Waals surface area contributed by atoms with Gasteiger partial charge in [0.2, 0.25) is 5.91 Å². The number of thiocarbonyl (C=S) groups is 1. The molecule has 1 saturated heterocycles. The first-order valence-electron chi connectivity index (χ1n) is 10.2. The summed E-state index contributed by atoms with van der Waals surface area (Å²) < 4.78 is 11.5. The first-order chi connectivity index (χ1) is 15.4. The molecule has 3 aromatic rings. The number of ether oxygens (including phenoxy) is 2. The summed E-state index contributed by atoms with van der Waals surface area (Å²) in [4.78, 5) is 18.1. The zero-order chi connectivity index (χ0) is 22.7. The number of amides is 1. The van der Waals surface area contributed by atoms with Gasteiger partial charge in [-0.2, -0.15) is 0 Å². The Morgan fingerprint density at radius 2 is 1.88 bits per heavy atom. The van der Waals surface area contributed by atoms with Gasteiger partial charge in [-0.25, -0.2) is 0 Å². The number of fused-ring (bicyclic) bond motifs is 1. The number of hydrogen-bond donors (Lipinski definition) is 2. The summed E-state index contributed by atoms with van der Waals surface area (Å²) in [5, 5.41) is 7.90. The van der Waals surface area contributed by atoms with Gasteiger partial charge in [0.05, 0.1) is 29.0 Å². The molecule has 0 bridgehead atoms. The van der Waals surface area contributed by atoms with Crippen LogP contribution in [0.3, 0.4) is 0 Å². The van der Waals surface area contributed by atoms with Crippen molar-refractivity contribution in [3.05, 3.63) is 47.6 Å². The highest BCUT2D eigenvalue weighted by Crippen LogP contribution is 2.37. The lowest BCUT2D eigenvalue weighted by Gasteiger charge is -2.20. The van der Waals surface area contributed by atoms with Gasteiger partial charge >= 0.3 is 0 Å². The van der Waals surface area contributed by atoms with Crippen molar-refractivity contribution in [2.45, 2.75) is 19.8 Å². The Morgan fingerprint density at radius 3 is 2.56 bits per heavy atom. The van der Waals surface area contributed by atoms with E-state index in [0.29, 0.717) is 38.6 Å². The second kappa shape index (κ2) is 9.58. The Labute approximate surface area is 196 Å². The van der Waals surface area contributed by atoms with Crippen LogP contribution in [0.5, 0.6) is 17.2 Å². The fourth-order valence-electron chi connectivity index (χ4n) is 3.60. The molecule has 0 unspecified atom stereocenters. The predicted octanol–water partition coefficient (Wildman–Crippen LogP) is 5.44. The Hall–Kier alpha value is -3.10. The third-order valence-electron chi connectivity index (χ3n) is 5.14. The van der Waals surface area contributed by atoms with E-state index in [1.54, 1.807) is 37.6 Å². The average Bonchev–Trinajstić information content (AvgIpc) is 3.30. The minimum atomic E-state index is -0.198. The number of aromatic nitrogens is 1. The zero-order valence-corrected chi connectivity index (χ0v) is 19.3. The van der Waals surface area contributed by atoms with Gasteiger partial charge in [-0.15, -0.1) is 0 Å². The van der Waals surface area contributed by atoms with E-state index < -0.39 is 0 Å². The Bertz CT molecular complexity index is 1180. The van der Waals surface area contributed by atoms with Crippen molar-refractivity contribution in [2.75, 3.05) is 30.8 Å². The van der Waals surface area contributed by atoms with Gasteiger partial charge in [0, 0.05) is 43.7 Å². The molecule has 0 aliphatic carbocycles. The molecule has 4 rings (SSSR count). The maximum absolute atomic E-state index is 11.6. The summed E-state index contributed by atoms with van der Waals surface area (Å²) in [5.74, 6) is 1.46. The largest absolute Gasteiger partial charge is 0.494 e. The van der Waals surface area contributed by atoms with Crippen molar-refractivity contribution >= 4 is 57.1 Å². The van der Waals surface area contributed by atoms with Gasteiger partial charge in [0.15, 0.2) is 5.11 Å². The Morgan fingerprint density at radius 1 is 1.09 bits per heavy atom. The third kappa shape index (κ3) is 4.87. The number of anilines is 2. The minimum Gasteiger partial charge on any atom is -0.494 e. The minimum absolute atomic E-state index is 0.198. The Balaban J connectivity index is 1.59. The van der Waals surface area contributed by atoms with Crippen molar-refractivity contribution in [1.82, 2.24) is 9.88 Å². The van der Waals surface area contributed by atoms with Crippen molar-refractivity contribution in [2.24, 2.45) is 0 Å². The van der Waals surface area contributed by atoms with E-state index in [1.165, 1.54) is 6.92 Å². The molecule has 2 aromatic carbocycles. The van der Waals surface area contributed by atoms with Crippen LogP contribution in [0.4, 0.5) is 11.4 Å². The summed E-state index contributed by atoms with van der Waals surface area (Å²) in [6, 6.07) is 10.7. The highest BCUT2D eigenvalue weighted by atomic mass is 35.5. The number of benzene rings is 2. The quantitative estimate of drug-likeness (QED) is 0.481. The van der Waals surface area contributed by atoms with Crippen LogP contribution >= 0.6 is 23.8 Å². The molecule has 9 heteroatoms. The maximum Gasteiger partial charge on any atom is 0.221 e. The van der Waals surface area contributed by atoms with Gasteiger partial charge in [0.25, 0.3) is 0 Å². The molecule has 2 heterocycles. The molecule has 1 aliphatic heterocycles. The van der Waals surface area contributed by atoms with E-state index in [0.717, 1.165) is 37.0 Å². The molecule has 7 nitrogen and oxygen atoms in total. The summed E-state index contributed by atoms with van der Waals surface area (Å²) in [6.45, 7) is 3.37. The van der Waals surface area contributed by atoms with Crippen LogP contribution in [0.25, 0.3) is 10.9 Å². The monoisotopic (exact) mass is 470 g/mol. The fraction of sp³-hybridized carbons (Fsp3) is 0.261. The number of rotatable bonds is 5. The normalized spacial score (nSPS) is 13.2. The molecule has 0 saturated carbocycles. The topological polar surface area (TPSA) is 75.7 Å². The van der Waals surface area contributed by atoms with Crippen LogP contribution in [0, 0.1) is 0 Å². The van der Waals surface area contributed by atoms with Crippen LogP contribution in [0.15, 0.2) is 42.6 Å². The molecule has 2 N–H and O–H groups in total. The first-order valence-corrected chi connectivity index (χ1v) is 11.0. The summed E-state index contributed by atoms with van der Waals surface area (Å²) >= 11 is 12.0. The molecule has 0 spiro atoms. The van der Waals surface area contributed by atoms with Crippen molar-refractivity contribution in [3.63, 3.8) is 0 Å². The van der Waals surface area contributed by atoms with Gasteiger partial charge in [-0.3, -0.25) is 9.78 Å². The SMILES string of the molecule is COc1cc2nccc(Oc3ccc(NC(=S)N4CCCC4)c(Cl)c3)c2cc1NC(C)=O. The standard InChI is InChI=1S/C23H23ClN4O3S/c1-14(29)26-20-12-16-19(13-22(20)30-2)25-8-7-21(16)31-15-5-6-18(17(24)11-15)27-23(32)28-9-3-4-10-28/h5-8,11-13H,3-4,9-10H2,1-2H3,(H,26,29)(H,27,32). The predicted molar refractivity (Wildman–Crippen MR) is 131 cm³/mol. The molecular weight excluding hydrogens is 448 g/mol. The summed E-state index contributed by atoms with van der Waals surface area (Å²) in [5.41, 5.74) is 1.94. The molecule has 1 amide bonds. The van der Waals surface area contributed by atoms with E-state index in [2.05, 4.69) is 20.5 Å². The number of nitrogens with zero attached hydrogens (tertiary/aromatic N) is 2. The summed E-state index contributed by atoms with van der Waals surface area (Å²) in [7, 11) is 1.54. The number of likely N-dealkylation sites (tertiary alicyclic amines) is 1. The van der Waals surface area contributed by atoms with E-state index in [-0.39, 0.29) is 5.91 Å². The number of halogens is 1. The van der Waals surface area contributed by atoms with Crippen LogP contribution in [0.1, 0.15) is 19.8 Å². The number of carbonyl (C=O) groups excluding carboxylic acids is 1. The third-order valence-corrected chi connectivity index (χ3v) is 5.81. The zero-order valence-electron chi connectivity index (χ0n) is 17.8. The van der Waals surface area contributed by atoms with Gasteiger partial charge < -0.3 is 25.0 Å². The average molecular weight is 471 g/mol. The lowest BCUT2D eigenvalue weighted by Crippen LogP contribution is -2.31. The smallest absolute Gasteiger partial charge is 0.221 e. The first kappa shape index (κ1) is 22.1. The Kier molecular flexibility index (Phi) is 6.62. The van der Waals surface area contributed by atoms with Gasteiger partial charge in [-0.1, -0.05) is 11.6 Å². The number of nitrogens with one attached hydrogen (secondary N) is 2. The summed E-state index contributed by atoms with van der Waals surface area (Å²) in [6.07, 6.45) is 3.96. The second-order valence-corrected chi connectivity index (χ2v) is 8.22. The van der Waals surface area contributed by atoms with E-state index >= 15 is 0 Å². The van der Waals surface area contributed by atoms with Crippen LogP contribution in [0.2, 0.25) is 5.02 Å². The second-order valence-electron chi connectivity index (χ2n) is 7.43. The van der Waals surface area contributed by atoms with E-state index in [4.69, 9.17) is 33.3 Å². The molecule has 1 aliphatic rings. The highest BCUT2D eigenvalue weighted by Gasteiger charge is 2.16. The van der Waals surface area contributed by atoms with Crippen LogP contribution < -0.4 is 20.1 Å². The maximum atomic E-state index is 11.6. The van der Waals surface area contributed by atoms with Crippen LogP contribution in [-0.2, 0) is 4.79 Å². The van der Waals surface area contributed by atoms with Crippen molar-refractivity contribution < 1.29 is 14.3 Å². The van der Waals surface area contributed by atoms with E-state index in [1.807, 2.05) is 12.1 Å². The van der Waals surface area contributed by atoms with Crippen molar-refractivity contribution in [3.8, 4) is 17.2 Å². The molecule has 166 valence electrons. The van der Waals surface area contributed by atoms with Crippen LogP contribution in [-0.4, -0.2) is 41.1 Å². The number of carbonyl (C=O) groups is 1. The lowest BCUT2D eigenvalue weighted by molar-refractivity contribution is -0.114. The number of methoxy groups -OCH3 is 1. The molecule has 1 fully saturated rings. The molecule has 0 radical (unpaired) electrons.